The molecule has 82 valence electrons. The molecule has 1 aliphatic heterocycles. The summed E-state index contributed by atoms with van der Waals surface area (Å²) in [6.45, 7) is -0.539. The molecule has 1 fully saturated rings. The first-order valence-corrected chi connectivity index (χ1v) is 5.14. The lowest BCUT2D eigenvalue weighted by Crippen LogP contribution is -2.34. The van der Waals surface area contributed by atoms with E-state index in [4.69, 9.17) is 5.26 Å². The maximum Gasteiger partial charge on any atom is 0.227 e. The molecular weight excluding hydrogens is 207 g/mol. The van der Waals surface area contributed by atoms with Gasteiger partial charge < -0.3 is 4.90 Å². The number of benzene rings is 1. The van der Waals surface area contributed by atoms with Crippen molar-refractivity contribution < 1.29 is 9.18 Å². The summed E-state index contributed by atoms with van der Waals surface area (Å²) < 4.78 is 12.7. The number of hydrogen-bond acceptors (Lipinski definition) is 2. The molecule has 0 spiro atoms. The number of halogens is 1. The van der Waals surface area contributed by atoms with Crippen LogP contribution < -0.4 is 4.90 Å². The van der Waals surface area contributed by atoms with Crippen molar-refractivity contribution in [2.45, 2.75) is 18.9 Å². The Bertz CT molecular complexity index is 453. The molecule has 1 saturated heterocycles. The van der Waals surface area contributed by atoms with Gasteiger partial charge in [0.2, 0.25) is 5.91 Å². The van der Waals surface area contributed by atoms with Crippen LogP contribution in [0, 0.1) is 11.3 Å². The van der Waals surface area contributed by atoms with Gasteiger partial charge in [-0.05, 0) is 24.6 Å². The van der Waals surface area contributed by atoms with E-state index in [0.717, 1.165) is 0 Å². The first-order valence-electron chi connectivity index (χ1n) is 5.14. The van der Waals surface area contributed by atoms with Crippen LogP contribution in [0.15, 0.2) is 24.3 Å². The van der Waals surface area contributed by atoms with Crippen LogP contribution in [-0.2, 0) is 4.79 Å². The molecule has 0 bridgehead atoms. The van der Waals surface area contributed by atoms with E-state index in [-0.39, 0.29) is 11.9 Å². The van der Waals surface area contributed by atoms with Gasteiger partial charge in [0, 0.05) is 12.1 Å². The summed E-state index contributed by atoms with van der Waals surface area (Å²) in [6.07, 6.45) is 0.928. The molecule has 0 radical (unpaired) electrons. The summed E-state index contributed by atoms with van der Waals surface area (Å²) in [5.41, 5.74) is 1.10. The van der Waals surface area contributed by atoms with Crippen molar-refractivity contribution in [3.05, 3.63) is 29.8 Å². The maximum atomic E-state index is 12.7. The van der Waals surface area contributed by atoms with Crippen LogP contribution >= 0.6 is 0 Å². The summed E-state index contributed by atoms with van der Waals surface area (Å²) in [5.74, 6) is -0.0715. The summed E-state index contributed by atoms with van der Waals surface area (Å²) in [6, 6.07) is 8.34. The minimum atomic E-state index is -0.539. The molecule has 1 amide bonds. The van der Waals surface area contributed by atoms with Crippen LogP contribution in [-0.4, -0.2) is 18.6 Å². The van der Waals surface area contributed by atoms with Gasteiger partial charge in [-0.2, -0.15) is 5.26 Å². The highest BCUT2D eigenvalue weighted by Gasteiger charge is 2.31. The van der Waals surface area contributed by atoms with Gasteiger partial charge >= 0.3 is 0 Å². The lowest BCUT2D eigenvalue weighted by Gasteiger charge is -2.22. The van der Waals surface area contributed by atoms with Gasteiger partial charge in [-0.3, -0.25) is 4.79 Å². The fraction of sp³-hybridized carbons (Fsp3) is 0.333. The molecular formula is C12H11FN2O. The van der Waals surface area contributed by atoms with Crippen LogP contribution in [0.4, 0.5) is 10.1 Å². The van der Waals surface area contributed by atoms with E-state index in [0.29, 0.717) is 24.1 Å². The van der Waals surface area contributed by atoms with Gasteiger partial charge in [0.25, 0.3) is 0 Å². The molecule has 16 heavy (non-hydrogen) atoms. The average Bonchev–Trinajstić information content (AvgIpc) is 2.70. The highest BCUT2D eigenvalue weighted by Crippen LogP contribution is 2.27. The number of carbonyl (C=O) groups excluding carboxylic acids is 1. The quantitative estimate of drug-likeness (QED) is 0.762. The van der Waals surface area contributed by atoms with Gasteiger partial charge in [-0.15, -0.1) is 0 Å². The summed E-state index contributed by atoms with van der Waals surface area (Å²) >= 11 is 0. The monoisotopic (exact) mass is 218 g/mol. The minimum Gasteiger partial charge on any atom is -0.307 e. The van der Waals surface area contributed by atoms with E-state index >= 15 is 0 Å². The smallest absolute Gasteiger partial charge is 0.227 e. The zero-order chi connectivity index (χ0) is 11.5. The van der Waals surface area contributed by atoms with Crippen LogP contribution in [0.1, 0.15) is 18.4 Å². The van der Waals surface area contributed by atoms with Gasteiger partial charge in [-0.1, -0.05) is 6.07 Å². The fourth-order valence-electron chi connectivity index (χ4n) is 1.97. The molecule has 4 heteroatoms. The molecule has 1 atom stereocenters. The standard InChI is InChI=1S/C12H11FN2O/c13-7-11-4-5-12(16)15(11)10-3-1-2-9(6-10)8-14/h1-3,6,11H,4-5,7H2/t11-/m1/s1. The van der Waals surface area contributed by atoms with Gasteiger partial charge in [0.1, 0.15) is 6.67 Å². The molecule has 1 heterocycles. The van der Waals surface area contributed by atoms with Crippen molar-refractivity contribution in [1.82, 2.24) is 0 Å². The number of carbonyl (C=O) groups is 1. The Morgan fingerprint density at radius 3 is 3.06 bits per heavy atom. The van der Waals surface area contributed by atoms with Gasteiger partial charge in [0.05, 0.1) is 17.7 Å². The van der Waals surface area contributed by atoms with Gasteiger partial charge in [-0.25, -0.2) is 4.39 Å². The Hall–Kier alpha value is -1.89. The second-order valence-corrected chi connectivity index (χ2v) is 3.77. The number of nitriles is 1. The highest BCUT2D eigenvalue weighted by atomic mass is 19.1. The molecule has 1 aromatic rings. The molecule has 3 nitrogen and oxygen atoms in total. The van der Waals surface area contributed by atoms with Crippen molar-refractivity contribution in [3.63, 3.8) is 0 Å². The largest absolute Gasteiger partial charge is 0.307 e. The van der Waals surface area contributed by atoms with Crippen LogP contribution in [0.5, 0.6) is 0 Å². The molecule has 0 aromatic heterocycles. The predicted molar refractivity (Wildman–Crippen MR) is 57.6 cm³/mol. The van der Waals surface area contributed by atoms with Gasteiger partial charge in [0.15, 0.2) is 0 Å². The van der Waals surface area contributed by atoms with Crippen molar-refractivity contribution in [3.8, 4) is 6.07 Å². The Morgan fingerprint density at radius 2 is 2.38 bits per heavy atom. The first-order chi connectivity index (χ1) is 7.76. The number of rotatable bonds is 2. The third-order valence-corrected chi connectivity index (χ3v) is 2.76. The van der Waals surface area contributed by atoms with Crippen LogP contribution in [0.25, 0.3) is 0 Å². The lowest BCUT2D eigenvalue weighted by molar-refractivity contribution is -0.117. The molecule has 0 saturated carbocycles. The molecule has 2 rings (SSSR count). The fourth-order valence-corrected chi connectivity index (χ4v) is 1.97. The summed E-state index contributed by atoms with van der Waals surface area (Å²) in [5, 5.41) is 8.77. The Labute approximate surface area is 93.1 Å². The molecule has 1 aromatic carbocycles. The second kappa shape index (κ2) is 4.31. The lowest BCUT2D eigenvalue weighted by atomic mass is 10.2. The number of alkyl halides is 1. The van der Waals surface area contributed by atoms with Crippen molar-refractivity contribution in [2.24, 2.45) is 0 Å². The van der Waals surface area contributed by atoms with Crippen molar-refractivity contribution >= 4 is 11.6 Å². The molecule has 1 aliphatic rings. The zero-order valence-electron chi connectivity index (χ0n) is 8.69. The van der Waals surface area contributed by atoms with E-state index in [1.165, 1.54) is 4.90 Å². The highest BCUT2D eigenvalue weighted by molar-refractivity contribution is 5.96. The van der Waals surface area contributed by atoms with E-state index < -0.39 is 6.67 Å². The van der Waals surface area contributed by atoms with Crippen molar-refractivity contribution in [2.75, 3.05) is 11.6 Å². The molecule has 0 unspecified atom stereocenters. The van der Waals surface area contributed by atoms with Crippen LogP contribution in [0.3, 0.4) is 0 Å². The van der Waals surface area contributed by atoms with E-state index in [9.17, 15) is 9.18 Å². The minimum absolute atomic E-state index is 0.0715. The Balaban J connectivity index is 2.35. The predicted octanol–water partition coefficient (Wildman–Crippen LogP) is 2.02. The molecule has 0 aliphatic carbocycles. The maximum absolute atomic E-state index is 12.7. The van der Waals surface area contributed by atoms with E-state index in [2.05, 4.69) is 0 Å². The Morgan fingerprint density at radius 1 is 1.56 bits per heavy atom. The number of amides is 1. The third-order valence-electron chi connectivity index (χ3n) is 2.76. The van der Waals surface area contributed by atoms with E-state index in [1.807, 2.05) is 6.07 Å². The average molecular weight is 218 g/mol. The molecule has 0 N–H and O–H groups in total. The summed E-state index contributed by atoms with van der Waals surface area (Å²) in [7, 11) is 0. The van der Waals surface area contributed by atoms with Crippen molar-refractivity contribution in [1.29, 1.82) is 5.26 Å². The number of nitrogens with zero attached hydrogens (tertiary/aromatic N) is 2. The van der Waals surface area contributed by atoms with E-state index in [1.54, 1.807) is 24.3 Å². The summed E-state index contributed by atoms with van der Waals surface area (Å²) in [4.78, 5) is 13.1. The topological polar surface area (TPSA) is 44.1 Å². The number of hydrogen-bond donors (Lipinski definition) is 0. The SMILES string of the molecule is N#Cc1cccc(N2C(=O)CC[C@@H]2CF)c1. The Kier molecular flexibility index (Phi) is 2.86. The third kappa shape index (κ3) is 1.76. The second-order valence-electron chi connectivity index (χ2n) is 3.77. The normalized spacial score (nSPS) is 19.9. The zero-order valence-corrected chi connectivity index (χ0v) is 8.69. The van der Waals surface area contributed by atoms with Crippen LogP contribution in [0.2, 0.25) is 0 Å². The number of anilines is 1. The first kappa shape index (κ1) is 10.6.